The summed E-state index contributed by atoms with van der Waals surface area (Å²) in [6.45, 7) is 0.153. The maximum atomic E-state index is 11.8. The van der Waals surface area contributed by atoms with Crippen LogP contribution < -0.4 is 14.8 Å². The van der Waals surface area contributed by atoms with E-state index in [1.807, 2.05) is 12.1 Å². The summed E-state index contributed by atoms with van der Waals surface area (Å²) in [6.07, 6.45) is 0. The van der Waals surface area contributed by atoms with Crippen LogP contribution in [0, 0.1) is 0 Å². The average Bonchev–Trinajstić information content (AvgIpc) is 2.63. The van der Waals surface area contributed by atoms with E-state index in [1.54, 1.807) is 37.4 Å². The molecule has 0 unspecified atom stereocenters. The summed E-state index contributed by atoms with van der Waals surface area (Å²) in [7, 11) is 1.55. The molecule has 6 nitrogen and oxygen atoms in total. The molecule has 1 N–H and O–H groups in total. The molecule has 0 saturated carbocycles. The Hall–Kier alpha value is -2.73. The van der Waals surface area contributed by atoms with Crippen molar-refractivity contribution in [3.63, 3.8) is 0 Å². The summed E-state index contributed by atoms with van der Waals surface area (Å²) in [6, 6.07) is 13.5. The second-order valence-electron chi connectivity index (χ2n) is 4.94. The second-order valence-corrected chi connectivity index (χ2v) is 5.37. The summed E-state index contributed by atoms with van der Waals surface area (Å²) in [5.74, 6) is 0.179. The standard InChI is InChI=1S/C18H18ClNO5/c1-23-15-7-2-3-8-16(15)24-10-9-20-17(21)12-25-18(22)13-5-4-6-14(19)11-13/h2-8,11H,9-10,12H2,1H3,(H,20,21). The number of amides is 1. The van der Waals surface area contributed by atoms with Crippen LogP contribution in [0.2, 0.25) is 5.02 Å². The monoisotopic (exact) mass is 363 g/mol. The zero-order valence-corrected chi connectivity index (χ0v) is 14.4. The lowest BCUT2D eigenvalue weighted by Crippen LogP contribution is -2.32. The molecule has 0 aliphatic carbocycles. The van der Waals surface area contributed by atoms with Crippen molar-refractivity contribution in [3.8, 4) is 11.5 Å². The quantitative estimate of drug-likeness (QED) is 0.576. The van der Waals surface area contributed by atoms with Crippen LogP contribution in [-0.4, -0.2) is 38.7 Å². The molecule has 0 fully saturated rings. The zero-order chi connectivity index (χ0) is 18.1. The fourth-order valence-corrected chi connectivity index (χ4v) is 2.16. The minimum Gasteiger partial charge on any atom is -0.493 e. The number of nitrogens with one attached hydrogen (secondary N) is 1. The molecular formula is C18H18ClNO5. The van der Waals surface area contributed by atoms with Crippen molar-refractivity contribution < 1.29 is 23.8 Å². The Kier molecular flexibility index (Phi) is 7.10. The Balaban J connectivity index is 1.68. The Labute approximate surface area is 150 Å². The molecule has 0 atom stereocenters. The predicted octanol–water partition coefficient (Wildman–Crippen LogP) is 2.70. The molecule has 0 aromatic heterocycles. The number of carbonyl (C=O) groups excluding carboxylic acids is 2. The van der Waals surface area contributed by atoms with Gasteiger partial charge in [-0.1, -0.05) is 29.8 Å². The fourth-order valence-electron chi connectivity index (χ4n) is 1.97. The fraction of sp³-hybridized carbons (Fsp3) is 0.222. The van der Waals surface area contributed by atoms with Gasteiger partial charge in [-0.2, -0.15) is 0 Å². The van der Waals surface area contributed by atoms with E-state index in [0.29, 0.717) is 22.1 Å². The van der Waals surface area contributed by atoms with E-state index < -0.39 is 11.9 Å². The smallest absolute Gasteiger partial charge is 0.338 e. The normalized spacial score (nSPS) is 10.0. The third-order valence-corrected chi connectivity index (χ3v) is 3.38. The molecule has 2 aromatic carbocycles. The lowest BCUT2D eigenvalue weighted by atomic mass is 10.2. The molecule has 1 amide bonds. The van der Waals surface area contributed by atoms with Gasteiger partial charge in [-0.05, 0) is 30.3 Å². The van der Waals surface area contributed by atoms with Gasteiger partial charge in [-0.15, -0.1) is 0 Å². The molecule has 2 rings (SSSR count). The van der Waals surface area contributed by atoms with Gasteiger partial charge in [0, 0.05) is 5.02 Å². The largest absolute Gasteiger partial charge is 0.493 e. The molecular weight excluding hydrogens is 346 g/mol. The van der Waals surface area contributed by atoms with Gasteiger partial charge >= 0.3 is 5.97 Å². The van der Waals surface area contributed by atoms with Crippen molar-refractivity contribution in [2.45, 2.75) is 0 Å². The van der Waals surface area contributed by atoms with Gasteiger partial charge in [0.25, 0.3) is 5.91 Å². The highest BCUT2D eigenvalue weighted by Crippen LogP contribution is 2.25. The van der Waals surface area contributed by atoms with Crippen molar-refractivity contribution in [2.24, 2.45) is 0 Å². The molecule has 0 spiro atoms. The Bertz CT molecular complexity index is 735. The van der Waals surface area contributed by atoms with Crippen molar-refractivity contribution in [1.29, 1.82) is 0 Å². The number of halogens is 1. The van der Waals surface area contributed by atoms with Crippen LogP contribution in [0.1, 0.15) is 10.4 Å². The van der Waals surface area contributed by atoms with E-state index in [1.165, 1.54) is 6.07 Å². The SMILES string of the molecule is COc1ccccc1OCCNC(=O)COC(=O)c1cccc(Cl)c1. The first kappa shape index (κ1) is 18.6. The number of hydrogen-bond donors (Lipinski definition) is 1. The number of rotatable bonds is 8. The van der Waals surface area contributed by atoms with Crippen molar-refractivity contribution in [3.05, 3.63) is 59.1 Å². The van der Waals surface area contributed by atoms with E-state index in [0.717, 1.165) is 0 Å². The number of para-hydroxylation sites is 2. The molecule has 0 aliphatic heterocycles. The van der Waals surface area contributed by atoms with Gasteiger partial charge in [0.1, 0.15) is 6.61 Å². The molecule has 0 aliphatic rings. The number of benzene rings is 2. The second kappa shape index (κ2) is 9.54. The highest BCUT2D eigenvalue weighted by atomic mass is 35.5. The van der Waals surface area contributed by atoms with Crippen molar-refractivity contribution >= 4 is 23.5 Å². The Morgan fingerprint density at radius 2 is 1.84 bits per heavy atom. The van der Waals surface area contributed by atoms with Crippen LogP contribution in [0.25, 0.3) is 0 Å². The van der Waals surface area contributed by atoms with Gasteiger partial charge in [0.15, 0.2) is 18.1 Å². The lowest BCUT2D eigenvalue weighted by molar-refractivity contribution is -0.124. The molecule has 25 heavy (non-hydrogen) atoms. The summed E-state index contributed by atoms with van der Waals surface area (Å²) < 4.78 is 15.6. The first-order valence-corrected chi connectivity index (χ1v) is 7.93. The molecule has 0 saturated heterocycles. The van der Waals surface area contributed by atoms with Crippen LogP contribution >= 0.6 is 11.6 Å². The summed E-state index contributed by atoms with van der Waals surface area (Å²) >= 11 is 5.80. The predicted molar refractivity (Wildman–Crippen MR) is 93.2 cm³/mol. The Morgan fingerprint density at radius 3 is 2.56 bits per heavy atom. The van der Waals surface area contributed by atoms with Crippen molar-refractivity contribution in [1.82, 2.24) is 5.32 Å². The number of methoxy groups -OCH3 is 1. The van der Waals surface area contributed by atoms with Crippen molar-refractivity contribution in [2.75, 3.05) is 26.9 Å². The van der Waals surface area contributed by atoms with E-state index in [9.17, 15) is 9.59 Å². The molecule has 0 bridgehead atoms. The summed E-state index contributed by atoms with van der Waals surface area (Å²) in [5, 5.41) is 3.02. The molecule has 0 radical (unpaired) electrons. The lowest BCUT2D eigenvalue weighted by Gasteiger charge is -2.11. The molecule has 2 aromatic rings. The third-order valence-electron chi connectivity index (χ3n) is 3.15. The number of carbonyl (C=O) groups is 2. The van der Waals surface area contributed by atoms with Gasteiger partial charge in [-0.25, -0.2) is 4.79 Å². The van der Waals surface area contributed by atoms with Gasteiger partial charge in [-0.3, -0.25) is 4.79 Å². The number of esters is 1. The van der Waals surface area contributed by atoms with E-state index >= 15 is 0 Å². The van der Waals surface area contributed by atoms with E-state index in [-0.39, 0.29) is 19.8 Å². The van der Waals surface area contributed by atoms with Gasteiger partial charge in [0.05, 0.1) is 19.2 Å². The number of hydrogen-bond acceptors (Lipinski definition) is 5. The topological polar surface area (TPSA) is 73.9 Å². The summed E-state index contributed by atoms with van der Waals surface area (Å²) in [5.41, 5.74) is 0.291. The molecule has 132 valence electrons. The highest BCUT2D eigenvalue weighted by Gasteiger charge is 2.10. The molecule has 0 heterocycles. The zero-order valence-electron chi connectivity index (χ0n) is 13.7. The van der Waals surface area contributed by atoms with Gasteiger partial charge < -0.3 is 19.5 Å². The van der Waals surface area contributed by atoms with Gasteiger partial charge in [0.2, 0.25) is 0 Å². The first-order valence-electron chi connectivity index (χ1n) is 7.55. The van der Waals surface area contributed by atoms with Crippen LogP contribution in [0.3, 0.4) is 0 Å². The third kappa shape index (κ3) is 6.00. The first-order chi connectivity index (χ1) is 12.1. The van der Waals surface area contributed by atoms with Crippen LogP contribution in [0.4, 0.5) is 0 Å². The maximum Gasteiger partial charge on any atom is 0.338 e. The molecule has 7 heteroatoms. The van der Waals surface area contributed by atoms with Crippen LogP contribution in [0.5, 0.6) is 11.5 Å². The Morgan fingerprint density at radius 1 is 1.08 bits per heavy atom. The number of ether oxygens (including phenoxy) is 3. The summed E-state index contributed by atoms with van der Waals surface area (Å²) in [4.78, 5) is 23.5. The maximum absolute atomic E-state index is 11.8. The minimum atomic E-state index is -0.608. The van der Waals surface area contributed by atoms with Crippen LogP contribution in [0.15, 0.2) is 48.5 Å². The average molecular weight is 364 g/mol. The highest BCUT2D eigenvalue weighted by molar-refractivity contribution is 6.30. The minimum absolute atomic E-state index is 0.258. The van der Waals surface area contributed by atoms with E-state index in [4.69, 9.17) is 25.8 Å². The van der Waals surface area contributed by atoms with Crippen LogP contribution in [-0.2, 0) is 9.53 Å². The van der Waals surface area contributed by atoms with E-state index in [2.05, 4.69) is 5.32 Å².